The number of tetrazole rings is 1. The van der Waals surface area contributed by atoms with Crippen LogP contribution in [0.4, 0.5) is 5.69 Å². The maximum Gasteiger partial charge on any atom is 0.249 e. The van der Waals surface area contributed by atoms with Crippen LogP contribution in [0.15, 0.2) is 73.3 Å². The van der Waals surface area contributed by atoms with E-state index in [1.165, 1.54) is 27.7 Å². The van der Waals surface area contributed by atoms with Crippen molar-refractivity contribution < 1.29 is 19.1 Å². The Morgan fingerprint density at radius 2 is 2.00 bits per heavy atom. The molecule has 42 heavy (non-hydrogen) atoms. The third-order valence-corrected chi connectivity index (χ3v) is 7.07. The standard InChI is InChI=1S/C28H28N10O4/c1-41-25-15-20(8-9-24(25)37-18-31-33-35-37)38(26(39)17-36-23-7-3-2-6-22(23)32-34-36)27(19-10-12-29-13-11-19)28(40)30-16-21-5-4-14-42-21/h2-3,6-13,15,18,21,27H,4-5,14,16-17H2,1H3,(H,30,40)/t21-,27+/m0/s1. The number of methoxy groups -OCH3 is 1. The number of hydrogen-bond acceptors (Lipinski definition) is 10. The molecule has 2 atom stereocenters. The number of benzene rings is 2. The molecule has 3 aromatic heterocycles. The Kier molecular flexibility index (Phi) is 7.76. The van der Waals surface area contributed by atoms with Gasteiger partial charge in [0.1, 0.15) is 35.9 Å². The van der Waals surface area contributed by atoms with Gasteiger partial charge in [-0.15, -0.1) is 10.2 Å². The summed E-state index contributed by atoms with van der Waals surface area (Å²) in [5.41, 5.74) is 2.91. The van der Waals surface area contributed by atoms with Gasteiger partial charge in [-0.1, -0.05) is 17.3 Å². The van der Waals surface area contributed by atoms with Crippen molar-refractivity contribution in [1.29, 1.82) is 0 Å². The van der Waals surface area contributed by atoms with Crippen LogP contribution in [0.2, 0.25) is 0 Å². The number of carbonyl (C=O) groups is 2. The predicted molar refractivity (Wildman–Crippen MR) is 150 cm³/mol. The van der Waals surface area contributed by atoms with Crippen LogP contribution in [0, 0.1) is 0 Å². The van der Waals surface area contributed by atoms with Gasteiger partial charge < -0.3 is 14.8 Å². The molecule has 0 radical (unpaired) electrons. The fourth-order valence-electron chi connectivity index (χ4n) is 5.03. The third kappa shape index (κ3) is 5.51. The average Bonchev–Trinajstić information content (AvgIpc) is 3.82. The second-order valence-electron chi connectivity index (χ2n) is 9.67. The largest absolute Gasteiger partial charge is 0.494 e. The SMILES string of the molecule is COc1cc(N(C(=O)Cn2nnc3ccccc32)[C@@H](C(=O)NC[C@@H]2CCCO2)c2ccncc2)ccc1-n1cnnn1. The minimum atomic E-state index is -1.04. The molecule has 5 aromatic rings. The fourth-order valence-corrected chi connectivity index (χ4v) is 5.03. The van der Waals surface area contributed by atoms with Crippen LogP contribution >= 0.6 is 0 Å². The number of nitrogens with zero attached hydrogens (tertiary/aromatic N) is 9. The van der Waals surface area contributed by atoms with E-state index in [1.54, 1.807) is 42.7 Å². The highest BCUT2D eigenvalue weighted by Gasteiger charge is 2.34. The summed E-state index contributed by atoms with van der Waals surface area (Å²) >= 11 is 0. The summed E-state index contributed by atoms with van der Waals surface area (Å²) < 4.78 is 14.3. The number of nitrogens with one attached hydrogen (secondary N) is 1. The lowest BCUT2D eigenvalue weighted by Gasteiger charge is -2.32. The Balaban J connectivity index is 1.42. The minimum absolute atomic E-state index is 0.0756. The second kappa shape index (κ2) is 12.1. The van der Waals surface area contributed by atoms with E-state index in [4.69, 9.17) is 9.47 Å². The summed E-state index contributed by atoms with van der Waals surface area (Å²) in [4.78, 5) is 33.8. The summed E-state index contributed by atoms with van der Waals surface area (Å²) in [6.07, 6.45) is 6.34. The van der Waals surface area contributed by atoms with E-state index < -0.39 is 11.9 Å². The average molecular weight is 569 g/mol. The molecule has 2 amide bonds. The highest BCUT2D eigenvalue weighted by Crippen LogP contribution is 2.34. The lowest BCUT2D eigenvalue weighted by Crippen LogP contribution is -2.46. The maximum atomic E-state index is 14.3. The van der Waals surface area contributed by atoms with Gasteiger partial charge in [0.25, 0.3) is 0 Å². The molecule has 0 spiro atoms. The van der Waals surface area contributed by atoms with Crippen molar-refractivity contribution in [3.63, 3.8) is 0 Å². The van der Waals surface area contributed by atoms with Gasteiger partial charge in [-0.25, -0.2) is 4.68 Å². The van der Waals surface area contributed by atoms with E-state index in [9.17, 15) is 9.59 Å². The van der Waals surface area contributed by atoms with Crippen LogP contribution in [0.25, 0.3) is 16.7 Å². The Labute approximate surface area is 240 Å². The van der Waals surface area contributed by atoms with Crippen molar-refractivity contribution in [2.45, 2.75) is 31.5 Å². The van der Waals surface area contributed by atoms with E-state index in [0.29, 0.717) is 46.9 Å². The summed E-state index contributed by atoms with van der Waals surface area (Å²) in [5.74, 6) is -0.356. The lowest BCUT2D eigenvalue weighted by atomic mass is 10.0. The predicted octanol–water partition coefficient (Wildman–Crippen LogP) is 1.88. The molecule has 1 aliphatic heterocycles. The van der Waals surface area contributed by atoms with E-state index in [-0.39, 0.29) is 18.6 Å². The molecule has 1 aliphatic rings. The topological polar surface area (TPSA) is 155 Å². The summed E-state index contributed by atoms with van der Waals surface area (Å²) in [6.45, 7) is 0.828. The molecule has 1 N–H and O–H groups in total. The van der Waals surface area contributed by atoms with Gasteiger partial charge in [-0.05, 0) is 65.2 Å². The first-order valence-corrected chi connectivity index (χ1v) is 13.4. The number of rotatable bonds is 10. The Morgan fingerprint density at radius 3 is 2.76 bits per heavy atom. The van der Waals surface area contributed by atoms with Crippen molar-refractivity contribution in [2.75, 3.05) is 25.2 Å². The van der Waals surface area contributed by atoms with Crippen LogP contribution in [0.1, 0.15) is 24.4 Å². The first-order chi connectivity index (χ1) is 20.6. The van der Waals surface area contributed by atoms with E-state index >= 15 is 0 Å². The highest BCUT2D eigenvalue weighted by atomic mass is 16.5. The van der Waals surface area contributed by atoms with E-state index in [0.717, 1.165) is 12.8 Å². The summed E-state index contributed by atoms with van der Waals surface area (Å²) in [7, 11) is 1.51. The molecule has 1 saturated heterocycles. The van der Waals surface area contributed by atoms with Crippen LogP contribution in [0.3, 0.4) is 0 Å². The molecule has 6 rings (SSSR count). The second-order valence-corrected chi connectivity index (χ2v) is 9.67. The molecule has 0 aliphatic carbocycles. The molecule has 2 aromatic carbocycles. The third-order valence-electron chi connectivity index (χ3n) is 7.07. The van der Waals surface area contributed by atoms with Gasteiger partial charge in [0.2, 0.25) is 11.8 Å². The number of aromatic nitrogens is 8. The molecule has 14 nitrogen and oxygen atoms in total. The number of anilines is 1. The zero-order valence-electron chi connectivity index (χ0n) is 22.8. The molecule has 4 heterocycles. The first kappa shape index (κ1) is 27.0. The van der Waals surface area contributed by atoms with Crippen LogP contribution in [0.5, 0.6) is 5.75 Å². The molecule has 0 saturated carbocycles. The number of carbonyl (C=O) groups excluding carboxylic acids is 2. The molecular formula is C28H28N10O4. The van der Waals surface area contributed by atoms with Gasteiger partial charge >= 0.3 is 0 Å². The van der Waals surface area contributed by atoms with Gasteiger partial charge in [-0.2, -0.15) is 4.68 Å². The number of fused-ring (bicyclic) bond motifs is 1. The molecule has 14 heteroatoms. The van der Waals surface area contributed by atoms with Crippen molar-refractivity contribution in [2.24, 2.45) is 0 Å². The van der Waals surface area contributed by atoms with Crippen LogP contribution < -0.4 is 15.0 Å². The quantitative estimate of drug-likeness (QED) is 0.264. The lowest BCUT2D eigenvalue weighted by molar-refractivity contribution is -0.127. The van der Waals surface area contributed by atoms with Gasteiger partial charge in [0, 0.05) is 37.3 Å². The Bertz CT molecular complexity index is 1670. The van der Waals surface area contributed by atoms with E-state index in [2.05, 4.69) is 36.1 Å². The Hall–Kier alpha value is -5.24. The van der Waals surface area contributed by atoms with Gasteiger partial charge in [0.15, 0.2) is 0 Å². The van der Waals surface area contributed by atoms with Crippen molar-refractivity contribution >= 4 is 28.5 Å². The number of ether oxygens (including phenoxy) is 2. The summed E-state index contributed by atoms with van der Waals surface area (Å²) in [5, 5.41) is 22.7. The first-order valence-electron chi connectivity index (χ1n) is 13.4. The van der Waals surface area contributed by atoms with Crippen LogP contribution in [-0.4, -0.2) is 78.4 Å². The highest BCUT2D eigenvalue weighted by molar-refractivity contribution is 6.01. The van der Waals surface area contributed by atoms with Crippen molar-refractivity contribution in [3.05, 3.63) is 78.9 Å². The monoisotopic (exact) mass is 568 g/mol. The maximum absolute atomic E-state index is 14.3. The summed E-state index contributed by atoms with van der Waals surface area (Å²) in [6, 6.07) is 14.9. The molecule has 1 fully saturated rings. The number of para-hydroxylation sites is 1. The molecule has 0 unspecified atom stereocenters. The van der Waals surface area contributed by atoms with Crippen molar-refractivity contribution in [3.8, 4) is 11.4 Å². The zero-order chi connectivity index (χ0) is 28.9. The van der Waals surface area contributed by atoms with E-state index in [1.807, 2.05) is 24.3 Å². The number of hydrogen-bond donors (Lipinski definition) is 1. The minimum Gasteiger partial charge on any atom is -0.494 e. The van der Waals surface area contributed by atoms with Gasteiger partial charge in [-0.3, -0.25) is 19.5 Å². The van der Waals surface area contributed by atoms with Crippen LogP contribution in [-0.2, 0) is 20.9 Å². The fraction of sp³-hybridized carbons (Fsp3) is 0.286. The smallest absolute Gasteiger partial charge is 0.249 e. The number of pyridine rings is 1. The molecular weight excluding hydrogens is 540 g/mol. The van der Waals surface area contributed by atoms with Crippen molar-refractivity contribution in [1.82, 2.24) is 45.5 Å². The molecule has 0 bridgehead atoms. The Morgan fingerprint density at radius 1 is 1.14 bits per heavy atom. The number of amides is 2. The zero-order valence-corrected chi connectivity index (χ0v) is 22.8. The van der Waals surface area contributed by atoms with Gasteiger partial charge in [0.05, 0.1) is 18.7 Å². The normalized spacial score (nSPS) is 15.4. The molecule has 214 valence electrons.